The Morgan fingerprint density at radius 2 is 1.82 bits per heavy atom. The first-order chi connectivity index (χ1) is 10.2. The molecule has 0 bridgehead atoms. The first-order valence-electron chi connectivity index (χ1n) is 6.69. The average molecular weight is 329 g/mol. The van der Waals surface area contributed by atoms with Crippen LogP contribution in [-0.2, 0) is 14.6 Å². The molecule has 122 valence electrons. The van der Waals surface area contributed by atoms with Crippen molar-refractivity contribution in [1.82, 2.24) is 5.32 Å². The van der Waals surface area contributed by atoms with Gasteiger partial charge >= 0.3 is 12.1 Å². The predicted molar refractivity (Wildman–Crippen MR) is 79.6 cm³/mol. The van der Waals surface area contributed by atoms with Gasteiger partial charge < -0.3 is 15.2 Å². The number of hydrogen-bond acceptors (Lipinski definition) is 5. The fourth-order valence-electron chi connectivity index (χ4n) is 1.50. The topological polar surface area (TPSA) is 110 Å². The van der Waals surface area contributed by atoms with Gasteiger partial charge in [0.25, 0.3) is 0 Å². The molecular weight excluding hydrogens is 310 g/mol. The molecule has 0 aliphatic rings. The standard InChI is InChI=1S/C14H19NO6S/c1-10(2)9-21-14(18)15-7-8-22(19,20)12-5-3-11(4-6-12)13(16)17/h3-6,10H,7-9H2,1-2H3,(H,15,18)(H,16,17). The van der Waals surface area contributed by atoms with E-state index in [2.05, 4.69) is 5.32 Å². The summed E-state index contributed by atoms with van der Waals surface area (Å²) in [5.74, 6) is -1.23. The van der Waals surface area contributed by atoms with Gasteiger partial charge in [-0.1, -0.05) is 13.8 Å². The number of alkyl carbamates (subject to hydrolysis) is 1. The molecule has 0 spiro atoms. The lowest BCUT2D eigenvalue weighted by Gasteiger charge is -2.09. The molecule has 0 aliphatic heterocycles. The minimum atomic E-state index is -3.59. The Bertz CT molecular complexity index is 621. The van der Waals surface area contributed by atoms with E-state index in [1.54, 1.807) is 0 Å². The van der Waals surface area contributed by atoms with Crippen molar-refractivity contribution >= 4 is 21.9 Å². The first-order valence-corrected chi connectivity index (χ1v) is 8.34. The highest BCUT2D eigenvalue weighted by Crippen LogP contribution is 2.12. The number of carboxylic acid groups (broad SMARTS) is 1. The fraction of sp³-hybridized carbons (Fsp3) is 0.429. The molecule has 1 rings (SSSR count). The Morgan fingerprint density at radius 1 is 1.23 bits per heavy atom. The van der Waals surface area contributed by atoms with Gasteiger partial charge in [0.2, 0.25) is 0 Å². The highest BCUT2D eigenvalue weighted by atomic mass is 32.2. The highest BCUT2D eigenvalue weighted by molar-refractivity contribution is 7.91. The van der Waals surface area contributed by atoms with Gasteiger partial charge in [-0.15, -0.1) is 0 Å². The molecular formula is C14H19NO6S. The monoisotopic (exact) mass is 329 g/mol. The molecule has 1 amide bonds. The molecule has 0 fully saturated rings. The zero-order chi connectivity index (χ0) is 16.8. The molecule has 0 aliphatic carbocycles. The van der Waals surface area contributed by atoms with Gasteiger partial charge in [0.15, 0.2) is 9.84 Å². The van der Waals surface area contributed by atoms with Crippen molar-refractivity contribution < 1.29 is 27.9 Å². The Hall–Kier alpha value is -2.09. The molecule has 0 radical (unpaired) electrons. The average Bonchev–Trinajstić information content (AvgIpc) is 2.45. The van der Waals surface area contributed by atoms with Crippen LogP contribution in [0.25, 0.3) is 0 Å². The fourth-order valence-corrected chi connectivity index (χ4v) is 2.66. The number of aromatic carboxylic acids is 1. The summed E-state index contributed by atoms with van der Waals surface area (Å²) in [5.41, 5.74) is 0.00865. The number of nitrogens with one attached hydrogen (secondary N) is 1. The maximum absolute atomic E-state index is 12.0. The van der Waals surface area contributed by atoms with Crippen LogP contribution in [0, 0.1) is 5.92 Å². The van der Waals surface area contributed by atoms with E-state index in [1.807, 2.05) is 13.8 Å². The molecule has 0 saturated heterocycles. The molecule has 0 aromatic heterocycles. The van der Waals surface area contributed by atoms with E-state index < -0.39 is 21.9 Å². The second-order valence-electron chi connectivity index (χ2n) is 5.07. The van der Waals surface area contributed by atoms with Gasteiger partial charge in [-0.2, -0.15) is 0 Å². The van der Waals surface area contributed by atoms with E-state index in [-0.39, 0.29) is 35.3 Å². The Morgan fingerprint density at radius 3 is 2.32 bits per heavy atom. The van der Waals surface area contributed by atoms with Gasteiger partial charge in [-0.3, -0.25) is 0 Å². The van der Waals surface area contributed by atoms with Gasteiger partial charge in [0.1, 0.15) is 0 Å². The van der Waals surface area contributed by atoms with Crippen molar-refractivity contribution in [3.8, 4) is 0 Å². The summed E-state index contributed by atoms with van der Waals surface area (Å²) in [4.78, 5) is 22.0. The molecule has 0 atom stereocenters. The molecule has 0 saturated carbocycles. The van der Waals surface area contributed by atoms with Crippen LogP contribution in [0.2, 0.25) is 0 Å². The summed E-state index contributed by atoms with van der Waals surface area (Å²) < 4.78 is 28.9. The maximum Gasteiger partial charge on any atom is 0.407 e. The molecule has 0 unspecified atom stereocenters. The Balaban J connectivity index is 2.53. The minimum Gasteiger partial charge on any atom is -0.478 e. The van der Waals surface area contributed by atoms with Crippen molar-refractivity contribution in [2.75, 3.05) is 18.9 Å². The zero-order valence-corrected chi connectivity index (χ0v) is 13.2. The van der Waals surface area contributed by atoms with Crippen molar-refractivity contribution in [1.29, 1.82) is 0 Å². The number of carbonyl (C=O) groups is 2. The van der Waals surface area contributed by atoms with Gasteiger partial charge in [0, 0.05) is 6.54 Å². The van der Waals surface area contributed by atoms with Gasteiger partial charge in [0.05, 0.1) is 22.8 Å². The largest absolute Gasteiger partial charge is 0.478 e. The lowest BCUT2D eigenvalue weighted by molar-refractivity contribution is 0.0696. The molecule has 0 heterocycles. The normalized spacial score (nSPS) is 11.2. The van der Waals surface area contributed by atoms with E-state index in [0.717, 1.165) is 0 Å². The molecule has 1 aromatic rings. The first kappa shape index (κ1) is 18.0. The number of hydrogen-bond donors (Lipinski definition) is 2. The summed E-state index contributed by atoms with van der Waals surface area (Å²) >= 11 is 0. The summed E-state index contributed by atoms with van der Waals surface area (Å²) in [6.45, 7) is 3.95. The summed E-state index contributed by atoms with van der Waals surface area (Å²) in [5, 5.41) is 11.1. The van der Waals surface area contributed by atoms with Crippen LogP contribution >= 0.6 is 0 Å². The predicted octanol–water partition coefficient (Wildman–Crippen LogP) is 1.54. The third-order valence-corrected chi connectivity index (χ3v) is 4.38. The number of benzene rings is 1. The van der Waals surface area contributed by atoms with Crippen LogP contribution in [0.1, 0.15) is 24.2 Å². The molecule has 2 N–H and O–H groups in total. The van der Waals surface area contributed by atoms with Crippen LogP contribution < -0.4 is 5.32 Å². The molecule has 1 aromatic carbocycles. The number of sulfone groups is 1. The Labute approximate surface area is 129 Å². The highest BCUT2D eigenvalue weighted by Gasteiger charge is 2.15. The van der Waals surface area contributed by atoms with Crippen molar-refractivity contribution in [2.24, 2.45) is 5.92 Å². The smallest absolute Gasteiger partial charge is 0.407 e. The Kier molecular flexibility index (Phi) is 6.36. The van der Waals surface area contributed by atoms with Crippen LogP contribution in [0.3, 0.4) is 0 Å². The van der Waals surface area contributed by atoms with Crippen LogP contribution in [0.4, 0.5) is 4.79 Å². The van der Waals surface area contributed by atoms with Gasteiger partial charge in [-0.05, 0) is 30.2 Å². The zero-order valence-electron chi connectivity index (χ0n) is 12.4. The van der Waals surface area contributed by atoms with Crippen molar-refractivity contribution in [3.63, 3.8) is 0 Å². The number of ether oxygens (including phenoxy) is 1. The van der Waals surface area contributed by atoms with Gasteiger partial charge in [-0.25, -0.2) is 18.0 Å². The van der Waals surface area contributed by atoms with Crippen molar-refractivity contribution in [3.05, 3.63) is 29.8 Å². The van der Waals surface area contributed by atoms with Crippen LogP contribution in [0.15, 0.2) is 29.2 Å². The second kappa shape index (κ2) is 7.79. The van der Waals surface area contributed by atoms with Crippen molar-refractivity contribution in [2.45, 2.75) is 18.7 Å². The van der Waals surface area contributed by atoms with E-state index >= 15 is 0 Å². The van der Waals surface area contributed by atoms with E-state index in [9.17, 15) is 18.0 Å². The third-order valence-electron chi connectivity index (χ3n) is 2.65. The van der Waals surface area contributed by atoms with Crippen LogP contribution in [0.5, 0.6) is 0 Å². The lowest BCUT2D eigenvalue weighted by atomic mass is 10.2. The maximum atomic E-state index is 12.0. The summed E-state index contributed by atoms with van der Waals surface area (Å²) in [6.07, 6.45) is -0.662. The molecule has 7 nitrogen and oxygen atoms in total. The molecule has 8 heteroatoms. The van der Waals surface area contributed by atoms with E-state index in [0.29, 0.717) is 0 Å². The lowest BCUT2D eigenvalue weighted by Crippen LogP contribution is -2.30. The number of carboxylic acids is 1. The van der Waals surface area contributed by atoms with E-state index in [4.69, 9.17) is 9.84 Å². The van der Waals surface area contributed by atoms with E-state index in [1.165, 1.54) is 24.3 Å². The third kappa shape index (κ3) is 5.72. The van der Waals surface area contributed by atoms with Crippen LogP contribution in [-0.4, -0.2) is 44.5 Å². The molecule has 22 heavy (non-hydrogen) atoms. The second-order valence-corrected chi connectivity index (χ2v) is 7.18. The summed E-state index contributed by atoms with van der Waals surface area (Å²) in [6, 6.07) is 4.91. The summed E-state index contributed by atoms with van der Waals surface area (Å²) in [7, 11) is -3.59. The quantitative estimate of drug-likeness (QED) is 0.785. The number of amides is 1. The number of rotatable bonds is 7. The number of carbonyl (C=O) groups excluding carboxylic acids is 1. The minimum absolute atomic E-state index is 0.00865. The SMILES string of the molecule is CC(C)COC(=O)NCCS(=O)(=O)c1ccc(C(=O)O)cc1.